The van der Waals surface area contributed by atoms with Crippen LogP contribution in [0, 0.1) is 5.82 Å². The number of hydrogen-bond acceptors (Lipinski definition) is 3. The predicted octanol–water partition coefficient (Wildman–Crippen LogP) is 2.02. The van der Waals surface area contributed by atoms with E-state index in [1.165, 1.54) is 13.2 Å². The van der Waals surface area contributed by atoms with E-state index >= 15 is 0 Å². The van der Waals surface area contributed by atoms with Gasteiger partial charge < -0.3 is 15.2 Å². The van der Waals surface area contributed by atoms with E-state index in [1.54, 1.807) is 26.0 Å². The Hall–Kier alpha value is -1.29. The lowest BCUT2D eigenvalue weighted by Crippen LogP contribution is -2.28. The second-order valence-electron chi connectivity index (χ2n) is 3.52. The fraction of sp³-hybridized carbons (Fsp3) is 0.455. The van der Waals surface area contributed by atoms with Crippen molar-refractivity contribution in [3.05, 3.63) is 24.0 Å². The van der Waals surface area contributed by atoms with Gasteiger partial charge in [-0.25, -0.2) is 4.39 Å². The Balaban J connectivity index is 2.83. The molecule has 0 heterocycles. The third-order valence-corrected chi connectivity index (χ3v) is 2.28. The van der Waals surface area contributed by atoms with Crippen LogP contribution in [0.3, 0.4) is 0 Å². The smallest absolute Gasteiger partial charge is 0.146 e. The highest BCUT2D eigenvalue weighted by Crippen LogP contribution is 2.22. The molecule has 4 heteroatoms. The zero-order valence-electron chi connectivity index (χ0n) is 9.12. The predicted molar refractivity (Wildman–Crippen MR) is 57.7 cm³/mol. The van der Waals surface area contributed by atoms with Crippen molar-refractivity contribution in [2.45, 2.75) is 26.0 Å². The summed E-state index contributed by atoms with van der Waals surface area (Å²) < 4.78 is 18.3. The largest absolute Gasteiger partial charge is 0.497 e. The number of ether oxygens (including phenoxy) is 1. The second kappa shape index (κ2) is 4.98. The highest BCUT2D eigenvalue weighted by Gasteiger charge is 2.11. The Morgan fingerprint density at radius 2 is 2.07 bits per heavy atom. The molecule has 0 saturated carbocycles. The number of nitrogens with one attached hydrogen (secondary N) is 1. The average molecular weight is 213 g/mol. The highest BCUT2D eigenvalue weighted by atomic mass is 19.1. The lowest BCUT2D eigenvalue weighted by Gasteiger charge is -2.18. The van der Waals surface area contributed by atoms with Gasteiger partial charge in [0.15, 0.2) is 0 Å². The summed E-state index contributed by atoms with van der Waals surface area (Å²) in [6, 6.07) is 4.23. The first-order chi connectivity index (χ1) is 7.04. The summed E-state index contributed by atoms with van der Waals surface area (Å²) in [5.74, 6) is 0.222. The molecule has 0 aromatic heterocycles. The summed E-state index contributed by atoms with van der Waals surface area (Å²) in [4.78, 5) is 0. The third kappa shape index (κ3) is 3.09. The number of methoxy groups -OCH3 is 1. The minimum Gasteiger partial charge on any atom is -0.497 e. The van der Waals surface area contributed by atoms with Crippen molar-refractivity contribution < 1.29 is 14.2 Å². The van der Waals surface area contributed by atoms with Gasteiger partial charge in [-0.1, -0.05) is 0 Å². The molecule has 84 valence electrons. The van der Waals surface area contributed by atoms with Crippen LogP contribution in [0.1, 0.15) is 13.8 Å². The number of rotatable bonds is 4. The molecule has 0 amide bonds. The molecule has 0 radical (unpaired) electrons. The van der Waals surface area contributed by atoms with Crippen molar-refractivity contribution in [2.75, 3.05) is 12.4 Å². The van der Waals surface area contributed by atoms with Gasteiger partial charge in [-0.15, -0.1) is 0 Å². The van der Waals surface area contributed by atoms with Crippen molar-refractivity contribution in [2.24, 2.45) is 0 Å². The minimum atomic E-state index is -0.546. The van der Waals surface area contributed by atoms with Crippen LogP contribution in [0.4, 0.5) is 10.1 Å². The fourth-order valence-corrected chi connectivity index (χ4v) is 1.11. The van der Waals surface area contributed by atoms with E-state index in [2.05, 4.69) is 5.32 Å². The molecule has 1 aromatic rings. The van der Waals surface area contributed by atoms with Crippen molar-refractivity contribution in [1.82, 2.24) is 0 Å². The molecule has 0 aliphatic rings. The first kappa shape index (κ1) is 11.8. The topological polar surface area (TPSA) is 41.5 Å². The summed E-state index contributed by atoms with van der Waals surface area (Å²) in [6.45, 7) is 3.43. The van der Waals surface area contributed by atoms with Crippen LogP contribution in [-0.4, -0.2) is 24.4 Å². The monoisotopic (exact) mass is 213 g/mol. The Kier molecular flexibility index (Phi) is 3.91. The molecule has 1 rings (SSSR count). The Morgan fingerprint density at radius 3 is 2.60 bits per heavy atom. The molecule has 0 bridgehead atoms. The molecule has 1 aromatic carbocycles. The van der Waals surface area contributed by atoms with Gasteiger partial charge >= 0.3 is 0 Å². The number of aliphatic hydroxyl groups is 1. The van der Waals surface area contributed by atoms with Crippen molar-refractivity contribution >= 4 is 5.69 Å². The SMILES string of the molecule is COc1ccc(F)c(NC(C)C(C)O)c1. The molecule has 3 nitrogen and oxygen atoms in total. The molecule has 0 saturated heterocycles. The molecule has 2 atom stereocenters. The van der Waals surface area contributed by atoms with Gasteiger partial charge in [-0.05, 0) is 26.0 Å². The molecule has 0 aliphatic carbocycles. The van der Waals surface area contributed by atoms with Gasteiger partial charge in [0.25, 0.3) is 0 Å². The van der Waals surface area contributed by atoms with Gasteiger partial charge in [0.1, 0.15) is 11.6 Å². The van der Waals surface area contributed by atoms with Crippen molar-refractivity contribution in [3.63, 3.8) is 0 Å². The molecule has 2 N–H and O–H groups in total. The maximum atomic E-state index is 13.3. The Bertz CT molecular complexity index is 328. The second-order valence-corrected chi connectivity index (χ2v) is 3.52. The van der Waals surface area contributed by atoms with Crippen LogP contribution >= 0.6 is 0 Å². The molecule has 0 spiro atoms. The fourth-order valence-electron chi connectivity index (χ4n) is 1.11. The van der Waals surface area contributed by atoms with Gasteiger partial charge in [-0.2, -0.15) is 0 Å². The van der Waals surface area contributed by atoms with E-state index in [1.807, 2.05) is 0 Å². The molecule has 0 fully saturated rings. The number of halogens is 1. The number of hydrogen-bond donors (Lipinski definition) is 2. The maximum absolute atomic E-state index is 13.3. The Labute approximate surface area is 88.9 Å². The van der Waals surface area contributed by atoms with E-state index in [-0.39, 0.29) is 11.9 Å². The van der Waals surface area contributed by atoms with Crippen LogP contribution in [0.15, 0.2) is 18.2 Å². The first-order valence-electron chi connectivity index (χ1n) is 4.82. The molecular formula is C11H16FNO2. The zero-order valence-corrected chi connectivity index (χ0v) is 9.12. The van der Waals surface area contributed by atoms with Crippen LogP contribution in [0.2, 0.25) is 0 Å². The summed E-state index contributed by atoms with van der Waals surface area (Å²) in [6.07, 6.45) is -0.546. The van der Waals surface area contributed by atoms with Gasteiger partial charge in [-0.3, -0.25) is 0 Å². The van der Waals surface area contributed by atoms with E-state index in [0.29, 0.717) is 11.4 Å². The van der Waals surface area contributed by atoms with Gasteiger partial charge in [0, 0.05) is 12.1 Å². The maximum Gasteiger partial charge on any atom is 0.146 e. The van der Waals surface area contributed by atoms with Crippen molar-refractivity contribution in [1.29, 1.82) is 0 Å². The number of aliphatic hydroxyl groups excluding tert-OH is 1. The average Bonchev–Trinajstić information content (AvgIpc) is 2.21. The molecule has 0 aliphatic heterocycles. The summed E-state index contributed by atoms with van der Waals surface area (Å²) in [5.41, 5.74) is 0.336. The van der Waals surface area contributed by atoms with Gasteiger partial charge in [0.2, 0.25) is 0 Å². The van der Waals surface area contributed by atoms with Crippen LogP contribution in [0.5, 0.6) is 5.75 Å². The minimum absolute atomic E-state index is 0.216. The van der Waals surface area contributed by atoms with E-state index in [4.69, 9.17) is 4.74 Å². The van der Waals surface area contributed by atoms with E-state index < -0.39 is 6.10 Å². The third-order valence-electron chi connectivity index (χ3n) is 2.28. The summed E-state index contributed by atoms with van der Waals surface area (Å²) in [7, 11) is 1.52. The summed E-state index contributed by atoms with van der Waals surface area (Å²) in [5, 5.41) is 12.2. The normalized spacial score (nSPS) is 14.5. The quantitative estimate of drug-likeness (QED) is 0.804. The number of benzene rings is 1. The molecule has 15 heavy (non-hydrogen) atoms. The highest BCUT2D eigenvalue weighted by molar-refractivity contribution is 5.50. The van der Waals surface area contributed by atoms with Crippen LogP contribution < -0.4 is 10.1 Å². The first-order valence-corrected chi connectivity index (χ1v) is 4.82. The van der Waals surface area contributed by atoms with Gasteiger partial charge in [0.05, 0.1) is 18.9 Å². The standard InChI is InChI=1S/C11H16FNO2/c1-7(8(2)14)13-11-6-9(15-3)4-5-10(11)12/h4-8,13-14H,1-3H3. The lowest BCUT2D eigenvalue weighted by atomic mass is 10.2. The van der Waals surface area contributed by atoms with E-state index in [0.717, 1.165) is 0 Å². The summed E-state index contributed by atoms with van der Waals surface area (Å²) >= 11 is 0. The van der Waals surface area contributed by atoms with E-state index in [9.17, 15) is 9.50 Å². The van der Waals surface area contributed by atoms with Crippen molar-refractivity contribution in [3.8, 4) is 5.75 Å². The lowest BCUT2D eigenvalue weighted by molar-refractivity contribution is 0.177. The van der Waals surface area contributed by atoms with Crippen LogP contribution in [-0.2, 0) is 0 Å². The Morgan fingerprint density at radius 1 is 1.40 bits per heavy atom. The zero-order chi connectivity index (χ0) is 11.4. The molecular weight excluding hydrogens is 197 g/mol. The van der Waals surface area contributed by atoms with Crippen LogP contribution in [0.25, 0.3) is 0 Å². The molecule has 2 unspecified atom stereocenters. The number of anilines is 1.